The van der Waals surface area contributed by atoms with Crippen molar-refractivity contribution in [3.05, 3.63) is 11.9 Å². The summed E-state index contributed by atoms with van der Waals surface area (Å²) in [6.45, 7) is 2.37. The fourth-order valence-corrected chi connectivity index (χ4v) is 1.76. The van der Waals surface area contributed by atoms with Crippen LogP contribution in [0.2, 0.25) is 0 Å². The Bertz CT molecular complexity index is 398. The molecule has 0 saturated carbocycles. The lowest BCUT2D eigenvalue weighted by molar-refractivity contribution is -0.121. The smallest absolute Gasteiger partial charge is 0.231 e. The first-order valence-corrected chi connectivity index (χ1v) is 5.71. The van der Waals surface area contributed by atoms with Crippen molar-refractivity contribution >= 4 is 10.7 Å². The van der Waals surface area contributed by atoms with Crippen molar-refractivity contribution in [3.8, 4) is 0 Å². The molecule has 0 aromatic heterocycles. The van der Waals surface area contributed by atoms with E-state index in [2.05, 4.69) is 0 Å². The SMILES string of the molecule is CC(C)(C(F)=C(F)F)C(F)(F)C(C)(C)[SH](=O)=O. The Morgan fingerprint density at radius 3 is 1.53 bits per heavy atom. The van der Waals surface area contributed by atoms with E-state index < -0.39 is 38.7 Å². The Morgan fingerprint density at radius 2 is 1.29 bits per heavy atom. The molecule has 0 aromatic rings. The predicted molar refractivity (Wildman–Crippen MR) is 53.5 cm³/mol. The van der Waals surface area contributed by atoms with Crippen LogP contribution in [0.15, 0.2) is 11.9 Å². The molecule has 0 aliphatic rings. The van der Waals surface area contributed by atoms with Crippen LogP contribution in [0.5, 0.6) is 0 Å². The normalized spacial score (nSPS) is 14.0. The summed E-state index contributed by atoms with van der Waals surface area (Å²) in [6, 6.07) is 0. The van der Waals surface area contributed by atoms with Gasteiger partial charge in [0.05, 0.1) is 5.41 Å². The molecule has 0 N–H and O–H groups in total. The van der Waals surface area contributed by atoms with E-state index in [0.717, 1.165) is 0 Å². The topological polar surface area (TPSA) is 34.1 Å². The summed E-state index contributed by atoms with van der Waals surface area (Å²) in [5.41, 5.74) is -2.91. The Labute approximate surface area is 97.5 Å². The average molecular weight is 280 g/mol. The molecule has 0 rings (SSSR count). The highest BCUT2D eigenvalue weighted by Gasteiger charge is 2.62. The highest BCUT2D eigenvalue weighted by Crippen LogP contribution is 2.51. The number of rotatable bonds is 4. The standard InChI is InChI=1S/C9H13F5O2S/c1-7(2,5(10)6(11)12)9(13,14)8(3,4)17(15)16/h17H,1-4H3. The van der Waals surface area contributed by atoms with Crippen LogP contribution >= 0.6 is 0 Å². The van der Waals surface area contributed by atoms with E-state index in [0.29, 0.717) is 27.7 Å². The lowest BCUT2D eigenvalue weighted by atomic mass is 9.78. The van der Waals surface area contributed by atoms with Gasteiger partial charge < -0.3 is 0 Å². The van der Waals surface area contributed by atoms with Gasteiger partial charge in [-0.25, -0.2) is 21.6 Å². The number of hydrogen-bond acceptors (Lipinski definition) is 2. The maximum absolute atomic E-state index is 13.8. The second kappa shape index (κ2) is 4.55. The second-order valence-corrected chi connectivity index (χ2v) is 6.22. The van der Waals surface area contributed by atoms with Crippen molar-refractivity contribution < 1.29 is 30.4 Å². The van der Waals surface area contributed by atoms with Gasteiger partial charge in [-0.05, 0) is 27.7 Å². The van der Waals surface area contributed by atoms with Crippen molar-refractivity contribution in [3.63, 3.8) is 0 Å². The van der Waals surface area contributed by atoms with Gasteiger partial charge in [0, 0.05) is 0 Å². The summed E-state index contributed by atoms with van der Waals surface area (Å²) >= 11 is 0. The molecule has 0 bridgehead atoms. The molecule has 0 fully saturated rings. The summed E-state index contributed by atoms with van der Waals surface area (Å²) < 4.78 is 83.7. The van der Waals surface area contributed by atoms with Gasteiger partial charge in [-0.15, -0.1) is 0 Å². The molecule has 2 nitrogen and oxygen atoms in total. The molecule has 0 heterocycles. The second-order valence-electron chi connectivity index (χ2n) is 4.59. The summed E-state index contributed by atoms with van der Waals surface area (Å²) in [5, 5.41) is 0. The molecule has 0 spiro atoms. The zero-order valence-corrected chi connectivity index (χ0v) is 10.5. The zero-order valence-electron chi connectivity index (χ0n) is 9.65. The zero-order chi connectivity index (χ0) is 14.2. The minimum Gasteiger partial charge on any atom is -0.231 e. The first kappa shape index (κ1) is 16.3. The van der Waals surface area contributed by atoms with Crippen LogP contribution < -0.4 is 0 Å². The Morgan fingerprint density at radius 1 is 0.941 bits per heavy atom. The predicted octanol–water partition coefficient (Wildman–Crippen LogP) is 3.12. The Kier molecular flexibility index (Phi) is 4.37. The van der Waals surface area contributed by atoms with Gasteiger partial charge >= 0.3 is 6.08 Å². The minimum atomic E-state index is -4.19. The van der Waals surface area contributed by atoms with Crippen LogP contribution in [0.3, 0.4) is 0 Å². The fourth-order valence-electron chi connectivity index (χ4n) is 1.25. The van der Waals surface area contributed by atoms with E-state index in [9.17, 15) is 30.4 Å². The van der Waals surface area contributed by atoms with Crippen LogP contribution in [0.25, 0.3) is 0 Å². The minimum absolute atomic E-state index is 0.530. The first-order chi connectivity index (χ1) is 7.30. The largest absolute Gasteiger partial charge is 0.302 e. The summed E-state index contributed by atoms with van der Waals surface area (Å²) in [4.78, 5) is 0. The van der Waals surface area contributed by atoms with Crippen LogP contribution in [-0.4, -0.2) is 19.1 Å². The third-order valence-electron chi connectivity index (χ3n) is 2.72. The quantitative estimate of drug-likeness (QED) is 0.634. The number of alkyl halides is 2. The average Bonchev–Trinajstić information content (AvgIpc) is 2.15. The van der Waals surface area contributed by atoms with Crippen molar-refractivity contribution in [2.24, 2.45) is 5.41 Å². The van der Waals surface area contributed by atoms with E-state index in [4.69, 9.17) is 0 Å². The van der Waals surface area contributed by atoms with E-state index in [1.807, 2.05) is 0 Å². The first-order valence-electron chi connectivity index (χ1n) is 4.53. The molecule has 0 amide bonds. The highest BCUT2D eigenvalue weighted by molar-refractivity contribution is 7.74. The van der Waals surface area contributed by atoms with E-state index in [1.165, 1.54) is 0 Å². The van der Waals surface area contributed by atoms with Gasteiger partial charge in [0.15, 0.2) is 16.5 Å². The van der Waals surface area contributed by atoms with Gasteiger partial charge in [0.25, 0.3) is 5.92 Å². The van der Waals surface area contributed by atoms with Crippen LogP contribution in [0, 0.1) is 5.41 Å². The maximum Gasteiger partial charge on any atom is 0.302 e. The Balaban J connectivity index is 5.87. The molecule has 17 heavy (non-hydrogen) atoms. The van der Waals surface area contributed by atoms with Crippen molar-refractivity contribution in [1.82, 2.24) is 0 Å². The van der Waals surface area contributed by atoms with Gasteiger partial charge in [-0.1, -0.05) is 0 Å². The molecule has 0 radical (unpaired) electrons. The van der Waals surface area contributed by atoms with Gasteiger partial charge in [0.2, 0.25) is 0 Å². The molecule has 0 saturated heterocycles. The van der Waals surface area contributed by atoms with E-state index in [-0.39, 0.29) is 0 Å². The summed E-state index contributed by atoms with van der Waals surface area (Å²) in [6.07, 6.45) is -2.88. The van der Waals surface area contributed by atoms with E-state index >= 15 is 0 Å². The molecule has 0 aliphatic carbocycles. The number of halogens is 5. The van der Waals surface area contributed by atoms with Gasteiger partial charge in [-0.3, -0.25) is 0 Å². The van der Waals surface area contributed by atoms with Gasteiger partial charge in [-0.2, -0.15) is 8.78 Å². The third-order valence-corrected chi connectivity index (χ3v) is 3.92. The van der Waals surface area contributed by atoms with Crippen LogP contribution in [-0.2, 0) is 10.7 Å². The molecule has 0 aliphatic heterocycles. The molecule has 0 aromatic carbocycles. The van der Waals surface area contributed by atoms with Gasteiger partial charge in [0.1, 0.15) is 4.75 Å². The maximum atomic E-state index is 13.8. The molecular formula is C9H13F5O2S. The van der Waals surface area contributed by atoms with Crippen LogP contribution in [0.1, 0.15) is 27.7 Å². The fraction of sp³-hybridized carbons (Fsp3) is 0.778. The molecule has 8 heteroatoms. The lowest BCUT2D eigenvalue weighted by Crippen LogP contribution is -2.54. The van der Waals surface area contributed by atoms with Crippen molar-refractivity contribution in [2.45, 2.75) is 38.4 Å². The van der Waals surface area contributed by atoms with Crippen LogP contribution in [0.4, 0.5) is 22.0 Å². The van der Waals surface area contributed by atoms with E-state index in [1.54, 1.807) is 0 Å². The summed E-state index contributed by atoms with van der Waals surface area (Å²) in [7, 11) is -3.62. The highest BCUT2D eigenvalue weighted by atomic mass is 32.2. The van der Waals surface area contributed by atoms with Crippen molar-refractivity contribution in [2.75, 3.05) is 0 Å². The number of hydrogen-bond donors (Lipinski definition) is 1. The third kappa shape index (κ3) is 2.46. The lowest BCUT2D eigenvalue weighted by Gasteiger charge is -2.39. The van der Waals surface area contributed by atoms with Crippen molar-refractivity contribution in [1.29, 1.82) is 0 Å². The molecule has 102 valence electrons. The molecule has 0 atom stereocenters. The monoisotopic (exact) mass is 280 g/mol. The molecule has 0 unspecified atom stereocenters. The summed E-state index contributed by atoms with van der Waals surface area (Å²) in [5.74, 6) is -6.50. The number of allylic oxidation sites excluding steroid dienone is 1. The molecular weight excluding hydrogens is 267 g/mol. The Hall–Kier alpha value is -0.660. The number of thiol groups is 1.